The van der Waals surface area contributed by atoms with Crippen LogP contribution in [0.3, 0.4) is 0 Å². The van der Waals surface area contributed by atoms with Crippen molar-refractivity contribution < 1.29 is 13.2 Å². The van der Waals surface area contributed by atoms with Crippen LogP contribution < -0.4 is 0 Å². The molecule has 1 saturated heterocycles. The standard InChI is InChI=1S/C27H26ClN5O3S/c1-18-3-9-23(10-4-18)37(35,36)33-27(21-5-7-22(28)8-6-21)25(24-11-14-29-17-30-24)26(31-33)20-12-15-32(16-13-20)19(2)34/h3-11,14,17,20H,12-13,15-16H2,1-2H3. The largest absolute Gasteiger partial charge is 0.343 e. The average Bonchev–Trinajstić information content (AvgIpc) is 3.31. The molecular formula is C27H26ClN5O3S. The quantitative estimate of drug-likeness (QED) is 0.359. The first-order valence-corrected chi connectivity index (χ1v) is 13.8. The molecule has 8 nitrogen and oxygen atoms in total. The van der Waals surface area contributed by atoms with Gasteiger partial charge >= 0.3 is 0 Å². The highest BCUT2D eigenvalue weighted by Crippen LogP contribution is 2.42. The number of piperidine rings is 1. The van der Waals surface area contributed by atoms with Gasteiger partial charge in [0, 0.05) is 42.7 Å². The maximum absolute atomic E-state index is 14.0. The zero-order valence-corrected chi connectivity index (χ0v) is 22.1. The molecule has 0 atom stereocenters. The molecule has 1 aliphatic heterocycles. The number of aryl methyl sites for hydroxylation is 1. The lowest BCUT2D eigenvalue weighted by atomic mass is 9.89. The van der Waals surface area contributed by atoms with E-state index >= 15 is 0 Å². The Morgan fingerprint density at radius 2 is 1.68 bits per heavy atom. The van der Waals surface area contributed by atoms with E-state index in [0.717, 1.165) is 9.65 Å². The summed E-state index contributed by atoms with van der Waals surface area (Å²) in [7, 11) is -4.05. The van der Waals surface area contributed by atoms with Crippen LogP contribution in [-0.4, -0.2) is 51.5 Å². The minimum Gasteiger partial charge on any atom is -0.343 e. The van der Waals surface area contributed by atoms with Crippen molar-refractivity contribution in [3.8, 4) is 22.5 Å². The molecule has 0 spiro atoms. The molecule has 0 N–H and O–H groups in total. The average molecular weight is 536 g/mol. The molecule has 0 aliphatic carbocycles. The second-order valence-corrected chi connectivity index (χ2v) is 11.4. The molecule has 0 unspecified atom stereocenters. The summed E-state index contributed by atoms with van der Waals surface area (Å²) in [6.07, 6.45) is 4.40. The fraction of sp³-hybridized carbons (Fsp3) is 0.259. The summed E-state index contributed by atoms with van der Waals surface area (Å²) in [5.41, 5.74) is 3.88. The van der Waals surface area contributed by atoms with E-state index in [-0.39, 0.29) is 16.7 Å². The number of carbonyl (C=O) groups excluding carboxylic acids is 1. The lowest BCUT2D eigenvalue weighted by Crippen LogP contribution is -2.36. The molecule has 1 fully saturated rings. The summed E-state index contributed by atoms with van der Waals surface area (Å²) in [5.74, 6) is -0.0233. The Bertz CT molecular complexity index is 1530. The van der Waals surface area contributed by atoms with Gasteiger partial charge in [0.15, 0.2) is 0 Å². The highest BCUT2D eigenvalue weighted by molar-refractivity contribution is 7.90. The molecule has 190 valence electrons. The molecule has 37 heavy (non-hydrogen) atoms. The molecule has 3 heterocycles. The predicted octanol–water partition coefficient (Wildman–Crippen LogP) is 4.93. The van der Waals surface area contributed by atoms with Gasteiger partial charge in [0.2, 0.25) is 5.91 Å². The third-order valence-corrected chi connectivity index (χ3v) is 8.55. The Morgan fingerprint density at radius 1 is 1.00 bits per heavy atom. The molecule has 5 rings (SSSR count). The van der Waals surface area contributed by atoms with Crippen LogP contribution >= 0.6 is 11.6 Å². The van der Waals surface area contributed by atoms with Gasteiger partial charge in [-0.3, -0.25) is 4.79 Å². The monoisotopic (exact) mass is 535 g/mol. The number of nitrogens with zero attached hydrogens (tertiary/aromatic N) is 5. The third kappa shape index (κ3) is 4.89. The van der Waals surface area contributed by atoms with Crippen molar-refractivity contribution in [2.24, 2.45) is 0 Å². The fourth-order valence-corrected chi connectivity index (χ4v) is 6.14. The van der Waals surface area contributed by atoms with Crippen LogP contribution in [0.15, 0.2) is 72.0 Å². The minimum absolute atomic E-state index is 0.0313. The lowest BCUT2D eigenvalue weighted by molar-refractivity contribution is -0.129. The van der Waals surface area contributed by atoms with Crippen molar-refractivity contribution >= 4 is 27.5 Å². The van der Waals surface area contributed by atoms with Gasteiger partial charge in [0.05, 0.1) is 27.5 Å². The van der Waals surface area contributed by atoms with Crippen LogP contribution in [0.2, 0.25) is 5.02 Å². The summed E-state index contributed by atoms with van der Waals surface area (Å²) >= 11 is 6.17. The first-order chi connectivity index (χ1) is 17.8. The van der Waals surface area contributed by atoms with Crippen LogP contribution in [-0.2, 0) is 14.8 Å². The number of likely N-dealkylation sites (tertiary alicyclic amines) is 1. The van der Waals surface area contributed by atoms with Crippen LogP contribution in [0.1, 0.15) is 36.9 Å². The van der Waals surface area contributed by atoms with Crippen LogP contribution in [0.5, 0.6) is 0 Å². The number of aromatic nitrogens is 4. The summed E-state index contributed by atoms with van der Waals surface area (Å²) < 4.78 is 29.2. The molecule has 2 aromatic carbocycles. The topological polar surface area (TPSA) is 98.1 Å². The summed E-state index contributed by atoms with van der Waals surface area (Å²) in [4.78, 5) is 22.4. The van der Waals surface area contributed by atoms with E-state index in [0.29, 0.717) is 59.2 Å². The normalized spacial score (nSPS) is 14.6. The van der Waals surface area contributed by atoms with Crippen LogP contribution in [0.4, 0.5) is 0 Å². The van der Waals surface area contributed by atoms with Crippen molar-refractivity contribution in [3.05, 3.63) is 83.4 Å². The van der Waals surface area contributed by atoms with E-state index in [4.69, 9.17) is 16.7 Å². The van der Waals surface area contributed by atoms with Gasteiger partial charge in [-0.2, -0.15) is 17.6 Å². The van der Waals surface area contributed by atoms with Gasteiger partial charge in [0.25, 0.3) is 10.0 Å². The van der Waals surface area contributed by atoms with Crippen molar-refractivity contribution in [2.45, 2.75) is 37.5 Å². The van der Waals surface area contributed by atoms with Crippen molar-refractivity contribution in [1.29, 1.82) is 0 Å². The first kappa shape index (κ1) is 25.1. The van der Waals surface area contributed by atoms with Crippen LogP contribution in [0.25, 0.3) is 22.5 Å². The number of hydrogen-bond donors (Lipinski definition) is 0. The highest BCUT2D eigenvalue weighted by Gasteiger charge is 2.34. The SMILES string of the molecule is CC(=O)N1CCC(c2nn(S(=O)(=O)c3ccc(C)cc3)c(-c3ccc(Cl)cc3)c2-c2ccncn2)CC1. The minimum atomic E-state index is -4.05. The highest BCUT2D eigenvalue weighted by atomic mass is 35.5. The molecule has 10 heteroatoms. The fourth-order valence-electron chi connectivity index (χ4n) is 4.71. The Labute approximate surface area is 221 Å². The second-order valence-electron chi connectivity index (χ2n) is 9.15. The first-order valence-electron chi connectivity index (χ1n) is 12.0. The van der Waals surface area contributed by atoms with Crippen molar-refractivity contribution in [1.82, 2.24) is 24.1 Å². The van der Waals surface area contributed by atoms with E-state index in [9.17, 15) is 13.2 Å². The number of rotatable bonds is 5. The van der Waals surface area contributed by atoms with Gasteiger partial charge < -0.3 is 4.90 Å². The molecule has 1 aliphatic rings. The number of halogens is 1. The molecule has 0 radical (unpaired) electrons. The number of amides is 1. The maximum atomic E-state index is 14.0. The summed E-state index contributed by atoms with van der Waals surface area (Å²) in [6, 6.07) is 15.5. The van der Waals surface area contributed by atoms with Gasteiger partial charge in [-0.05, 0) is 50.1 Å². The maximum Gasteiger partial charge on any atom is 0.283 e. The second kappa shape index (κ2) is 10.1. The zero-order valence-electron chi connectivity index (χ0n) is 20.5. The lowest BCUT2D eigenvalue weighted by Gasteiger charge is -2.30. The zero-order chi connectivity index (χ0) is 26.2. The smallest absolute Gasteiger partial charge is 0.283 e. The van der Waals surface area contributed by atoms with Crippen molar-refractivity contribution in [2.75, 3.05) is 13.1 Å². The molecule has 1 amide bonds. The molecular weight excluding hydrogens is 510 g/mol. The number of benzene rings is 2. The molecule has 0 saturated carbocycles. The van der Waals surface area contributed by atoms with Gasteiger partial charge in [-0.25, -0.2) is 9.97 Å². The molecule has 2 aromatic heterocycles. The van der Waals surface area contributed by atoms with Gasteiger partial charge in [0.1, 0.15) is 6.33 Å². The summed E-state index contributed by atoms with van der Waals surface area (Å²) in [6.45, 7) is 4.63. The van der Waals surface area contributed by atoms with E-state index in [1.807, 2.05) is 6.92 Å². The van der Waals surface area contributed by atoms with Gasteiger partial charge in [-0.1, -0.05) is 41.4 Å². The number of hydrogen-bond acceptors (Lipinski definition) is 6. The van der Waals surface area contributed by atoms with E-state index in [1.165, 1.54) is 6.33 Å². The van der Waals surface area contributed by atoms with Gasteiger partial charge in [-0.15, -0.1) is 0 Å². The van der Waals surface area contributed by atoms with E-state index < -0.39 is 10.0 Å². The Hall–Kier alpha value is -3.56. The van der Waals surface area contributed by atoms with Crippen LogP contribution in [0, 0.1) is 6.92 Å². The van der Waals surface area contributed by atoms with Crippen molar-refractivity contribution in [3.63, 3.8) is 0 Å². The van der Waals surface area contributed by atoms with E-state index in [2.05, 4.69) is 9.97 Å². The van der Waals surface area contributed by atoms with E-state index in [1.54, 1.807) is 72.6 Å². The Kier molecular flexibility index (Phi) is 6.83. The third-order valence-electron chi connectivity index (χ3n) is 6.71. The Balaban J connectivity index is 1.76. The molecule has 4 aromatic rings. The number of carbonyl (C=O) groups is 1. The summed E-state index contributed by atoms with van der Waals surface area (Å²) in [5, 5.41) is 5.32. The molecule has 0 bridgehead atoms. The Morgan fingerprint density at radius 3 is 2.27 bits per heavy atom. The predicted molar refractivity (Wildman–Crippen MR) is 142 cm³/mol.